The fourth-order valence-electron chi connectivity index (χ4n) is 4.09. The quantitative estimate of drug-likeness (QED) is 0.731. The molecule has 1 saturated heterocycles. The van der Waals surface area contributed by atoms with E-state index in [0.29, 0.717) is 12.0 Å². The van der Waals surface area contributed by atoms with Crippen molar-refractivity contribution < 1.29 is 28.3 Å². The zero-order valence-electron chi connectivity index (χ0n) is 14.7. The summed E-state index contributed by atoms with van der Waals surface area (Å²) >= 11 is 0. The van der Waals surface area contributed by atoms with Gasteiger partial charge in [0.25, 0.3) is 17.4 Å². The van der Waals surface area contributed by atoms with Crippen LogP contribution in [0.1, 0.15) is 38.2 Å². The van der Waals surface area contributed by atoms with Crippen LogP contribution in [0.25, 0.3) is 0 Å². The minimum atomic E-state index is -2.12. The predicted octanol–water partition coefficient (Wildman–Crippen LogP) is 1.69. The molecule has 2 aliphatic heterocycles. The van der Waals surface area contributed by atoms with Crippen molar-refractivity contribution in [1.29, 1.82) is 0 Å². The molecule has 1 spiro atoms. The van der Waals surface area contributed by atoms with Gasteiger partial charge in [0.15, 0.2) is 5.78 Å². The second-order valence-corrected chi connectivity index (χ2v) is 7.84. The summed E-state index contributed by atoms with van der Waals surface area (Å²) in [4.78, 5) is 50.0. The van der Waals surface area contributed by atoms with Gasteiger partial charge in [-0.25, -0.2) is 9.18 Å². The lowest BCUT2D eigenvalue weighted by Crippen LogP contribution is -2.68. The van der Waals surface area contributed by atoms with Crippen LogP contribution in [0.3, 0.4) is 0 Å². The zero-order chi connectivity index (χ0) is 19.6. The molecular formula is C19H17FN2O5. The third-order valence-corrected chi connectivity index (χ3v) is 5.19. The third kappa shape index (κ3) is 2.47. The van der Waals surface area contributed by atoms with Crippen LogP contribution < -0.4 is 10.6 Å². The molecule has 1 aliphatic carbocycles. The highest BCUT2D eigenvalue weighted by atomic mass is 19.1. The van der Waals surface area contributed by atoms with E-state index in [1.54, 1.807) is 0 Å². The Bertz CT molecular complexity index is 912. The summed E-state index contributed by atoms with van der Waals surface area (Å²) in [6, 6.07) is 4.23. The molecule has 1 aromatic rings. The number of allylic oxidation sites excluding steroid dienone is 1. The highest BCUT2D eigenvalue weighted by molar-refractivity contribution is 6.24. The second kappa shape index (κ2) is 5.48. The van der Waals surface area contributed by atoms with Crippen molar-refractivity contribution in [3.05, 3.63) is 47.0 Å². The normalized spacial score (nSPS) is 25.8. The van der Waals surface area contributed by atoms with E-state index in [4.69, 9.17) is 4.74 Å². The van der Waals surface area contributed by atoms with Crippen molar-refractivity contribution >= 4 is 23.6 Å². The maximum absolute atomic E-state index is 13.4. The smallest absolute Gasteiger partial charge is 0.328 e. The Morgan fingerprint density at radius 3 is 2.19 bits per heavy atom. The maximum Gasteiger partial charge on any atom is 0.328 e. The summed E-state index contributed by atoms with van der Waals surface area (Å²) in [5.41, 5.74) is -1.90. The molecule has 0 aromatic heterocycles. The molecule has 3 aliphatic rings. The minimum absolute atomic E-state index is 0.227. The molecule has 140 valence electrons. The van der Waals surface area contributed by atoms with Crippen LogP contribution in [0.2, 0.25) is 0 Å². The number of carbonyl (C=O) groups excluding carboxylic acids is 4. The van der Waals surface area contributed by atoms with Crippen molar-refractivity contribution in [3.63, 3.8) is 0 Å². The SMILES string of the molecule is CC1(C)CC(=O)C2=C(C1)OC1(C(=O)NC(=O)NC1=O)C2c1ccc(F)cc1. The first-order chi connectivity index (χ1) is 12.6. The van der Waals surface area contributed by atoms with Crippen LogP contribution in [-0.4, -0.2) is 29.2 Å². The number of hydrogen-bond donors (Lipinski definition) is 2. The van der Waals surface area contributed by atoms with Gasteiger partial charge < -0.3 is 4.74 Å². The Morgan fingerprint density at radius 2 is 1.59 bits per heavy atom. The lowest BCUT2D eigenvalue weighted by molar-refractivity contribution is -0.156. The Morgan fingerprint density at radius 1 is 1.00 bits per heavy atom. The lowest BCUT2D eigenvalue weighted by atomic mass is 9.69. The number of amides is 4. The molecular weight excluding hydrogens is 355 g/mol. The number of benzene rings is 1. The largest absolute Gasteiger partial charge is 0.470 e. The molecule has 8 heteroatoms. The fraction of sp³-hybridized carbons (Fsp3) is 0.368. The van der Waals surface area contributed by atoms with E-state index in [2.05, 4.69) is 10.6 Å². The number of carbonyl (C=O) groups is 4. The number of ether oxygens (including phenoxy) is 1. The van der Waals surface area contributed by atoms with Gasteiger partial charge in [-0.05, 0) is 23.1 Å². The summed E-state index contributed by atoms with van der Waals surface area (Å²) in [5.74, 6) is -3.40. The molecule has 4 rings (SSSR count). The molecule has 0 radical (unpaired) electrons. The van der Waals surface area contributed by atoms with Crippen molar-refractivity contribution in [1.82, 2.24) is 10.6 Å². The molecule has 27 heavy (non-hydrogen) atoms. The Hall–Kier alpha value is -3.03. The van der Waals surface area contributed by atoms with E-state index in [1.165, 1.54) is 24.3 Å². The van der Waals surface area contributed by atoms with Crippen molar-refractivity contribution in [2.75, 3.05) is 0 Å². The fourth-order valence-corrected chi connectivity index (χ4v) is 4.09. The van der Waals surface area contributed by atoms with Crippen LogP contribution in [-0.2, 0) is 19.1 Å². The maximum atomic E-state index is 13.4. The van der Waals surface area contributed by atoms with Crippen LogP contribution in [0.15, 0.2) is 35.6 Å². The number of barbiturate groups is 1. The van der Waals surface area contributed by atoms with E-state index in [0.717, 1.165) is 0 Å². The average Bonchev–Trinajstić information content (AvgIpc) is 2.89. The second-order valence-electron chi connectivity index (χ2n) is 7.84. The van der Waals surface area contributed by atoms with Gasteiger partial charge in [0.1, 0.15) is 11.6 Å². The number of hydrogen-bond acceptors (Lipinski definition) is 5. The van der Waals surface area contributed by atoms with E-state index < -0.39 is 40.6 Å². The molecule has 2 heterocycles. The van der Waals surface area contributed by atoms with E-state index in [9.17, 15) is 23.6 Å². The van der Waals surface area contributed by atoms with E-state index in [1.807, 2.05) is 13.8 Å². The summed E-state index contributed by atoms with van der Waals surface area (Å²) in [6.45, 7) is 3.78. The lowest BCUT2D eigenvalue weighted by Gasteiger charge is -2.35. The van der Waals surface area contributed by atoms with Crippen LogP contribution >= 0.6 is 0 Å². The van der Waals surface area contributed by atoms with Crippen molar-refractivity contribution in [3.8, 4) is 0 Å². The van der Waals surface area contributed by atoms with Gasteiger partial charge >= 0.3 is 6.03 Å². The van der Waals surface area contributed by atoms with Gasteiger partial charge in [-0.2, -0.15) is 0 Å². The number of ketones is 1. The molecule has 1 unspecified atom stereocenters. The molecule has 0 saturated carbocycles. The van der Waals surface area contributed by atoms with Crippen LogP contribution in [0, 0.1) is 11.2 Å². The van der Waals surface area contributed by atoms with Gasteiger partial charge in [-0.3, -0.25) is 25.0 Å². The van der Waals surface area contributed by atoms with E-state index in [-0.39, 0.29) is 23.5 Å². The third-order valence-electron chi connectivity index (χ3n) is 5.19. The summed E-state index contributed by atoms with van der Waals surface area (Å²) in [5, 5.41) is 4.10. The number of rotatable bonds is 1. The van der Waals surface area contributed by atoms with E-state index >= 15 is 0 Å². The molecule has 1 fully saturated rings. The summed E-state index contributed by atoms with van der Waals surface area (Å²) in [6.07, 6.45) is 0.590. The van der Waals surface area contributed by atoms with Crippen molar-refractivity contribution in [2.24, 2.45) is 5.41 Å². The number of halogens is 1. The molecule has 1 aromatic carbocycles. The van der Waals surface area contributed by atoms with Gasteiger partial charge in [-0.1, -0.05) is 26.0 Å². The van der Waals surface area contributed by atoms with Gasteiger partial charge in [0.05, 0.1) is 5.92 Å². The Labute approximate surface area is 153 Å². The molecule has 1 atom stereocenters. The standard InChI is InChI=1S/C19H17FN2O5/c1-18(2)7-11(23)13-12(8-18)27-19(15(24)21-17(26)22-16(19)25)14(13)9-3-5-10(20)6-4-9/h3-6,14H,7-8H2,1-2H3,(H2,21,22,24,25,26). The van der Waals surface area contributed by atoms with Crippen LogP contribution in [0.4, 0.5) is 9.18 Å². The summed E-state index contributed by atoms with van der Waals surface area (Å²) in [7, 11) is 0. The highest BCUT2D eigenvalue weighted by Gasteiger charge is 2.65. The Kier molecular flexibility index (Phi) is 3.53. The molecule has 7 nitrogen and oxygen atoms in total. The zero-order valence-corrected chi connectivity index (χ0v) is 14.7. The number of Topliss-reactive ketones (excluding diaryl/α,β-unsaturated/α-hetero) is 1. The number of nitrogens with one attached hydrogen (secondary N) is 2. The Balaban J connectivity index is 1.92. The summed E-state index contributed by atoms with van der Waals surface area (Å²) < 4.78 is 19.3. The first kappa shape index (κ1) is 17.4. The van der Waals surface area contributed by atoms with Gasteiger partial charge in [0.2, 0.25) is 0 Å². The highest BCUT2D eigenvalue weighted by Crippen LogP contribution is 2.53. The van der Waals surface area contributed by atoms with Gasteiger partial charge in [-0.15, -0.1) is 0 Å². The van der Waals surface area contributed by atoms with Gasteiger partial charge in [0, 0.05) is 18.4 Å². The minimum Gasteiger partial charge on any atom is -0.470 e. The number of urea groups is 1. The first-order valence-electron chi connectivity index (χ1n) is 8.52. The molecule has 0 bridgehead atoms. The predicted molar refractivity (Wildman–Crippen MR) is 89.7 cm³/mol. The van der Waals surface area contributed by atoms with Crippen molar-refractivity contribution in [2.45, 2.75) is 38.2 Å². The first-order valence-corrected chi connectivity index (χ1v) is 8.52. The monoisotopic (exact) mass is 372 g/mol. The average molecular weight is 372 g/mol. The topological polar surface area (TPSA) is 102 Å². The number of imide groups is 2. The molecule has 2 N–H and O–H groups in total. The molecule has 4 amide bonds. The van der Waals surface area contributed by atoms with Crippen LogP contribution in [0.5, 0.6) is 0 Å².